The molecule has 1 aromatic carbocycles. The second-order valence-electron chi connectivity index (χ2n) is 8.53. The average Bonchev–Trinajstić information content (AvgIpc) is 2.97. The Morgan fingerprint density at radius 1 is 1.08 bits per heavy atom. The lowest BCUT2D eigenvalue weighted by atomic mass is 9.48. The van der Waals surface area contributed by atoms with Gasteiger partial charge in [-0.05, 0) is 68.4 Å². The number of carbonyl (C=O) groups excluding carboxylic acids is 2. The van der Waals surface area contributed by atoms with Gasteiger partial charge in [0.25, 0.3) is 0 Å². The molecule has 3 nitrogen and oxygen atoms in total. The van der Waals surface area contributed by atoms with Gasteiger partial charge in [-0.1, -0.05) is 21.4 Å². The van der Waals surface area contributed by atoms with Crippen LogP contribution in [0.1, 0.15) is 48.2 Å². The molecule has 0 amide bonds. The summed E-state index contributed by atoms with van der Waals surface area (Å²) in [5, 5.41) is 0.932. The van der Waals surface area contributed by atoms with E-state index < -0.39 is 0 Å². The Labute approximate surface area is 159 Å². The average molecular weight is 386 g/mol. The number of ketones is 1. The highest BCUT2D eigenvalue weighted by molar-refractivity contribution is 7.44. The van der Waals surface area contributed by atoms with Crippen molar-refractivity contribution in [1.82, 2.24) is 0 Å². The standard InChI is InChI=1S/C21H23O3PS/c22-17(21-8-12-5-13(9-21)7-14(6-12)10-21)11-24-18-15-3-1-2-4-16(15)26-19(18)20(23)25/h1-4,12-14H,5-11,25H2. The first-order chi connectivity index (χ1) is 12.5. The summed E-state index contributed by atoms with van der Waals surface area (Å²) in [5.74, 6) is 3.08. The van der Waals surface area contributed by atoms with E-state index in [0.29, 0.717) is 10.6 Å². The molecule has 4 bridgehead atoms. The van der Waals surface area contributed by atoms with Crippen molar-refractivity contribution in [1.29, 1.82) is 0 Å². The topological polar surface area (TPSA) is 43.4 Å². The van der Waals surface area contributed by atoms with Gasteiger partial charge >= 0.3 is 0 Å². The van der Waals surface area contributed by atoms with Crippen molar-refractivity contribution in [3.05, 3.63) is 29.1 Å². The summed E-state index contributed by atoms with van der Waals surface area (Å²) in [4.78, 5) is 25.8. The summed E-state index contributed by atoms with van der Waals surface area (Å²) < 4.78 is 7.05. The van der Waals surface area contributed by atoms with E-state index in [0.717, 1.165) is 47.1 Å². The number of fused-ring (bicyclic) bond motifs is 1. The monoisotopic (exact) mass is 386 g/mol. The second-order valence-corrected chi connectivity index (χ2v) is 10.1. The minimum atomic E-state index is -0.147. The van der Waals surface area contributed by atoms with Crippen molar-refractivity contribution in [3.63, 3.8) is 0 Å². The largest absolute Gasteiger partial charge is 0.483 e. The molecule has 0 N–H and O–H groups in total. The molecule has 1 aromatic heterocycles. The molecule has 0 spiro atoms. The molecule has 0 aliphatic heterocycles. The zero-order valence-electron chi connectivity index (χ0n) is 14.7. The van der Waals surface area contributed by atoms with Gasteiger partial charge in [0, 0.05) is 15.5 Å². The first-order valence-electron chi connectivity index (χ1n) is 9.51. The Kier molecular flexibility index (Phi) is 3.99. The molecule has 1 heterocycles. The van der Waals surface area contributed by atoms with Gasteiger partial charge in [-0.25, -0.2) is 0 Å². The number of thiophene rings is 1. The van der Waals surface area contributed by atoms with Gasteiger partial charge in [0.1, 0.15) is 17.2 Å². The molecule has 4 aliphatic carbocycles. The first-order valence-corrected chi connectivity index (χ1v) is 10.9. The van der Waals surface area contributed by atoms with E-state index in [2.05, 4.69) is 9.24 Å². The van der Waals surface area contributed by atoms with Crippen LogP contribution >= 0.6 is 20.6 Å². The highest BCUT2D eigenvalue weighted by atomic mass is 32.1. The molecular weight excluding hydrogens is 363 g/mol. The van der Waals surface area contributed by atoms with Crippen LogP contribution in [0.25, 0.3) is 10.1 Å². The third kappa shape index (κ3) is 2.65. The van der Waals surface area contributed by atoms with Crippen molar-refractivity contribution >= 4 is 42.0 Å². The van der Waals surface area contributed by atoms with Gasteiger partial charge in [-0.3, -0.25) is 9.59 Å². The second kappa shape index (κ2) is 6.14. The van der Waals surface area contributed by atoms with Crippen LogP contribution in [-0.2, 0) is 4.79 Å². The fraction of sp³-hybridized carbons (Fsp3) is 0.524. The molecule has 26 heavy (non-hydrogen) atoms. The maximum Gasteiger partial charge on any atom is 0.191 e. The van der Waals surface area contributed by atoms with Crippen molar-refractivity contribution in [2.24, 2.45) is 23.2 Å². The zero-order valence-corrected chi connectivity index (χ0v) is 16.7. The minimum Gasteiger partial charge on any atom is -0.483 e. The Morgan fingerprint density at radius 3 is 2.31 bits per heavy atom. The molecule has 4 saturated carbocycles. The number of benzene rings is 1. The zero-order chi connectivity index (χ0) is 17.9. The number of hydrogen-bond donors (Lipinski definition) is 0. The molecule has 1 unspecified atom stereocenters. The van der Waals surface area contributed by atoms with Crippen LogP contribution in [0.5, 0.6) is 5.75 Å². The third-order valence-electron chi connectivity index (χ3n) is 6.75. The first kappa shape index (κ1) is 16.9. The molecule has 4 aliphatic rings. The summed E-state index contributed by atoms with van der Waals surface area (Å²) in [7, 11) is 2.23. The van der Waals surface area contributed by atoms with Crippen molar-refractivity contribution in [3.8, 4) is 5.75 Å². The lowest BCUT2D eigenvalue weighted by Gasteiger charge is -2.55. The summed E-state index contributed by atoms with van der Waals surface area (Å²) in [6.45, 7) is 0.0951. The van der Waals surface area contributed by atoms with Crippen LogP contribution in [0, 0.1) is 23.2 Å². The van der Waals surface area contributed by atoms with Gasteiger partial charge in [0.2, 0.25) is 0 Å². The summed E-state index contributed by atoms with van der Waals surface area (Å²) >= 11 is 1.44. The minimum absolute atomic E-state index is 0.0801. The van der Waals surface area contributed by atoms with Gasteiger partial charge in [0.15, 0.2) is 11.3 Å². The van der Waals surface area contributed by atoms with Crippen LogP contribution in [0.15, 0.2) is 24.3 Å². The number of hydrogen-bond acceptors (Lipinski definition) is 4. The number of carbonyl (C=O) groups is 2. The normalized spacial score (nSPS) is 32.1. The predicted molar refractivity (Wildman–Crippen MR) is 107 cm³/mol. The van der Waals surface area contributed by atoms with Crippen molar-refractivity contribution < 1.29 is 14.3 Å². The Hall–Kier alpha value is -1.25. The van der Waals surface area contributed by atoms with E-state index in [9.17, 15) is 9.59 Å². The van der Waals surface area contributed by atoms with Crippen LogP contribution in [0.2, 0.25) is 0 Å². The molecule has 0 saturated heterocycles. The molecular formula is C21H23O3PS. The lowest BCUT2D eigenvalue weighted by Crippen LogP contribution is -2.51. The quantitative estimate of drug-likeness (QED) is 0.673. The van der Waals surface area contributed by atoms with E-state index in [1.807, 2.05) is 24.3 Å². The summed E-state index contributed by atoms with van der Waals surface area (Å²) in [6, 6.07) is 7.86. The van der Waals surface area contributed by atoms with Crippen LogP contribution in [0.3, 0.4) is 0 Å². The van der Waals surface area contributed by atoms with E-state index in [4.69, 9.17) is 4.74 Å². The smallest absolute Gasteiger partial charge is 0.191 e. The van der Waals surface area contributed by atoms with Gasteiger partial charge < -0.3 is 4.74 Å². The van der Waals surface area contributed by atoms with Crippen LogP contribution < -0.4 is 4.74 Å². The fourth-order valence-corrected chi connectivity index (χ4v) is 7.38. The highest BCUT2D eigenvalue weighted by Crippen LogP contribution is 2.60. The number of ether oxygens (including phenoxy) is 1. The van der Waals surface area contributed by atoms with Crippen LogP contribution in [0.4, 0.5) is 0 Å². The molecule has 0 radical (unpaired) electrons. The van der Waals surface area contributed by atoms with Gasteiger partial charge in [0.05, 0.1) is 0 Å². The summed E-state index contributed by atoms with van der Waals surface area (Å²) in [5.41, 5.74) is -0.227. The maximum atomic E-state index is 13.2. The number of Topliss-reactive ketones (excluding diaryl/α,β-unsaturated/α-hetero) is 1. The van der Waals surface area contributed by atoms with Crippen molar-refractivity contribution in [2.45, 2.75) is 38.5 Å². The van der Waals surface area contributed by atoms with E-state index in [1.54, 1.807) is 0 Å². The number of rotatable bonds is 5. The molecule has 1 atom stereocenters. The Morgan fingerprint density at radius 2 is 1.69 bits per heavy atom. The molecule has 6 rings (SSSR count). The van der Waals surface area contributed by atoms with Gasteiger partial charge in [-0.15, -0.1) is 11.3 Å². The van der Waals surface area contributed by atoms with Crippen LogP contribution in [-0.4, -0.2) is 17.9 Å². The van der Waals surface area contributed by atoms with E-state index in [1.165, 1.54) is 30.6 Å². The molecule has 5 heteroatoms. The predicted octanol–water partition coefficient (Wildman–Crippen LogP) is 5.08. The van der Waals surface area contributed by atoms with Gasteiger partial charge in [-0.2, -0.15) is 0 Å². The van der Waals surface area contributed by atoms with E-state index >= 15 is 0 Å². The fourth-order valence-electron chi connectivity index (χ4n) is 6.07. The van der Waals surface area contributed by atoms with Crippen molar-refractivity contribution in [2.75, 3.05) is 6.61 Å². The molecule has 4 fully saturated rings. The lowest BCUT2D eigenvalue weighted by molar-refractivity contribution is -0.145. The Bertz CT molecular complexity index is 865. The highest BCUT2D eigenvalue weighted by Gasteiger charge is 2.54. The van der Waals surface area contributed by atoms with E-state index in [-0.39, 0.29) is 23.3 Å². The molecule has 136 valence electrons. The maximum absolute atomic E-state index is 13.2. The summed E-state index contributed by atoms with van der Waals surface area (Å²) in [6.07, 6.45) is 7.15. The SMILES string of the molecule is O=C(P)c1sc2ccccc2c1OCC(=O)C12CC3CC(CC(C3)C1)C2. The Balaban J connectivity index is 1.40. The molecule has 2 aromatic rings. The third-order valence-corrected chi connectivity index (χ3v) is 8.42.